The number of benzene rings is 3. The van der Waals surface area contributed by atoms with E-state index in [-0.39, 0.29) is 17.3 Å². The summed E-state index contributed by atoms with van der Waals surface area (Å²) in [4.78, 5) is 40.0. The molecule has 0 aliphatic rings. The van der Waals surface area contributed by atoms with Gasteiger partial charge in [0.05, 0.1) is 5.69 Å². The standard InChI is InChI=1S/C24H16IN7O5/c25-15-8-7-13-18(14-15)31-20(29-36-24(31)35)19-21(30-37-28-19)32(22(33)26-16-9-3-1-4-10-16)23(34)27-17-11-5-2-6-12-17/h1-14H,(H,26,33)(H,27,34). The molecule has 5 aromatic rings. The number of halogens is 1. The lowest BCUT2D eigenvalue weighted by Gasteiger charge is -2.19. The predicted octanol–water partition coefficient (Wildman–Crippen LogP) is 4.75. The summed E-state index contributed by atoms with van der Waals surface area (Å²) in [6, 6.07) is 22.3. The lowest BCUT2D eigenvalue weighted by molar-refractivity contribution is 0.245. The van der Waals surface area contributed by atoms with Crippen molar-refractivity contribution < 1.29 is 18.7 Å². The fourth-order valence-electron chi connectivity index (χ4n) is 3.40. The van der Waals surface area contributed by atoms with Crippen LogP contribution in [0.25, 0.3) is 17.2 Å². The van der Waals surface area contributed by atoms with Crippen LogP contribution in [0.2, 0.25) is 0 Å². The van der Waals surface area contributed by atoms with Gasteiger partial charge in [0.15, 0.2) is 5.69 Å². The summed E-state index contributed by atoms with van der Waals surface area (Å²) in [6.07, 6.45) is 0. The Morgan fingerprint density at radius 1 is 0.811 bits per heavy atom. The van der Waals surface area contributed by atoms with Crippen LogP contribution in [0.3, 0.4) is 0 Å². The van der Waals surface area contributed by atoms with E-state index in [4.69, 9.17) is 9.15 Å². The van der Waals surface area contributed by atoms with Crippen LogP contribution in [0.4, 0.5) is 26.8 Å². The molecular weight excluding hydrogens is 593 g/mol. The highest BCUT2D eigenvalue weighted by Crippen LogP contribution is 2.29. The van der Waals surface area contributed by atoms with Gasteiger partial charge >= 0.3 is 17.8 Å². The molecule has 0 atom stereocenters. The maximum atomic E-state index is 13.4. The maximum absolute atomic E-state index is 13.4. The zero-order chi connectivity index (χ0) is 25.8. The van der Waals surface area contributed by atoms with Crippen molar-refractivity contribution >= 4 is 51.8 Å². The Balaban J connectivity index is 1.58. The molecule has 0 unspecified atom stereocenters. The highest BCUT2D eigenvalue weighted by atomic mass is 127. The number of nitrogens with zero attached hydrogens (tertiary/aromatic N) is 5. The quantitative estimate of drug-likeness (QED) is 0.271. The van der Waals surface area contributed by atoms with Gasteiger partial charge in [-0.15, -0.1) is 0 Å². The normalized spacial score (nSPS) is 10.6. The molecule has 3 aromatic carbocycles. The Morgan fingerprint density at radius 3 is 2.03 bits per heavy atom. The van der Waals surface area contributed by atoms with E-state index in [9.17, 15) is 14.4 Å². The largest absolute Gasteiger partial charge is 0.446 e. The van der Waals surface area contributed by atoms with Gasteiger partial charge < -0.3 is 10.6 Å². The molecule has 0 saturated carbocycles. The molecule has 0 saturated heterocycles. The Morgan fingerprint density at radius 2 is 1.43 bits per heavy atom. The molecule has 2 aromatic heterocycles. The van der Waals surface area contributed by atoms with Gasteiger partial charge in [-0.2, -0.15) is 4.90 Å². The molecule has 37 heavy (non-hydrogen) atoms. The lowest BCUT2D eigenvalue weighted by Crippen LogP contribution is -2.43. The van der Waals surface area contributed by atoms with Crippen molar-refractivity contribution in [1.29, 1.82) is 0 Å². The number of carbonyl (C=O) groups excluding carboxylic acids is 2. The van der Waals surface area contributed by atoms with Crippen molar-refractivity contribution in [2.75, 3.05) is 15.5 Å². The van der Waals surface area contributed by atoms with Crippen LogP contribution in [0.5, 0.6) is 0 Å². The van der Waals surface area contributed by atoms with Gasteiger partial charge in [0, 0.05) is 14.9 Å². The number of aromatic nitrogens is 4. The van der Waals surface area contributed by atoms with Crippen LogP contribution >= 0.6 is 22.6 Å². The fraction of sp³-hybridized carbons (Fsp3) is 0. The number of anilines is 3. The van der Waals surface area contributed by atoms with Crippen molar-refractivity contribution in [3.8, 4) is 17.2 Å². The van der Waals surface area contributed by atoms with Crippen LogP contribution in [0.15, 0.2) is 98.9 Å². The fourth-order valence-corrected chi connectivity index (χ4v) is 3.93. The topological polar surface area (TPSA) is 148 Å². The van der Waals surface area contributed by atoms with Crippen molar-refractivity contribution in [3.05, 3.63) is 99.0 Å². The number of nitrogens with one attached hydrogen (secondary N) is 2. The van der Waals surface area contributed by atoms with Crippen molar-refractivity contribution in [3.63, 3.8) is 0 Å². The number of amides is 4. The number of urea groups is 2. The summed E-state index contributed by atoms with van der Waals surface area (Å²) in [7, 11) is 0. The van der Waals surface area contributed by atoms with Crippen LogP contribution in [0, 0.1) is 3.57 Å². The molecule has 184 valence electrons. The average molecular weight is 609 g/mol. The van der Waals surface area contributed by atoms with E-state index in [1.807, 2.05) is 6.07 Å². The summed E-state index contributed by atoms with van der Waals surface area (Å²) in [5, 5.41) is 16.7. The van der Waals surface area contributed by atoms with E-state index in [1.54, 1.807) is 78.9 Å². The molecule has 2 heterocycles. The maximum Gasteiger partial charge on any atom is 0.446 e. The third-order valence-corrected chi connectivity index (χ3v) is 5.69. The zero-order valence-electron chi connectivity index (χ0n) is 18.7. The summed E-state index contributed by atoms with van der Waals surface area (Å²) >= 11 is 2.10. The van der Waals surface area contributed by atoms with E-state index in [0.29, 0.717) is 22.0 Å². The third kappa shape index (κ3) is 5.11. The summed E-state index contributed by atoms with van der Waals surface area (Å²) in [6.45, 7) is 0. The number of hydrogen-bond donors (Lipinski definition) is 2. The number of para-hydroxylation sites is 2. The first-order chi connectivity index (χ1) is 18.0. The molecule has 0 aliphatic carbocycles. The molecular formula is C24H16IN7O5. The third-order valence-electron chi connectivity index (χ3n) is 5.02. The van der Waals surface area contributed by atoms with Gasteiger partial charge in [0.2, 0.25) is 11.6 Å². The minimum Gasteiger partial charge on any atom is -0.307 e. The highest BCUT2D eigenvalue weighted by molar-refractivity contribution is 14.1. The number of rotatable bonds is 5. The molecule has 0 radical (unpaired) electrons. The molecule has 2 N–H and O–H groups in total. The summed E-state index contributed by atoms with van der Waals surface area (Å²) in [5.74, 6) is -1.23. The molecule has 0 spiro atoms. The van der Waals surface area contributed by atoms with E-state index in [2.05, 4.69) is 48.7 Å². The minimum absolute atomic E-state index is 0.117. The van der Waals surface area contributed by atoms with E-state index < -0.39 is 17.8 Å². The number of imide groups is 1. The van der Waals surface area contributed by atoms with Crippen LogP contribution in [0.1, 0.15) is 0 Å². The van der Waals surface area contributed by atoms with Gasteiger partial charge in [-0.25, -0.2) is 23.6 Å². The van der Waals surface area contributed by atoms with Crippen LogP contribution < -0.4 is 21.3 Å². The summed E-state index contributed by atoms with van der Waals surface area (Å²) < 4.78 is 11.8. The van der Waals surface area contributed by atoms with Crippen molar-refractivity contribution in [1.82, 2.24) is 20.0 Å². The first-order valence-electron chi connectivity index (χ1n) is 10.7. The second-order valence-electron chi connectivity index (χ2n) is 7.45. The molecule has 0 bridgehead atoms. The van der Waals surface area contributed by atoms with Gasteiger partial charge in [-0.1, -0.05) is 47.6 Å². The molecule has 0 aliphatic heterocycles. The van der Waals surface area contributed by atoms with Gasteiger partial charge in [0.1, 0.15) is 0 Å². The minimum atomic E-state index is -0.858. The first-order valence-corrected chi connectivity index (χ1v) is 11.8. The Bertz CT molecular complexity index is 1560. The molecule has 13 heteroatoms. The van der Waals surface area contributed by atoms with E-state index in [1.165, 1.54) is 0 Å². The molecule has 4 amide bonds. The van der Waals surface area contributed by atoms with Crippen LogP contribution in [-0.4, -0.2) is 32.1 Å². The van der Waals surface area contributed by atoms with Crippen LogP contribution in [-0.2, 0) is 0 Å². The van der Waals surface area contributed by atoms with E-state index >= 15 is 0 Å². The monoisotopic (exact) mass is 609 g/mol. The SMILES string of the molecule is O=C(Nc1ccccc1)N(C(=O)Nc1ccccc1)c1nonc1-c1noc(=O)n1-c1cccc(I)c1. The highest BCUT2D eigenvalue weighted by Gasteiger charge is 2.34. The van der Waals surface area contributed by atoms with Gasteiger partial charge in [0.25, 0.3) is 0 Å². The lowest BCUT2D eigenvalue weighted by atomic mass is 10.3. The average Bonchev–Trinajstić information content (AvgIpc) is 3.52. The molecule has 0 fully saturated rings. The van der Waals surface area contributed by atoms with E-state index in [0.717, 1.165) is 8.14 Å². The van der Waals surface area contributed by atoms with Crippen molar-refractivity contribution in [2.24, 2.45) is 0 Å². The Hall–Kier alpha value is -4.79. The van der Waals surface area contributed by atoms with Gasteiger partial charge in [-0.3, -0.25) is 4.52 Å². The Labute approximate surface area is 222 Å². The zero-order valence-corrected chi connectivity index (χ0v) is 20.9. The first kappa shape index (κ1) is 23.9. The molecule has 12 nitrogen and oxygen atoms in total. The molecule has 5 rings (SSSR count). The van der Waals surface area contributed by atoms with Gasteiger partial charge in [-0.05, 0) is 75.4 Å². The predicted molar refractivity (Wildman–Crippen MR) is 142 cm³/mol. The second-order valence-corrected chi connectivity index (χ2v) is 8.70. The smallest absolute Gasteiger partial charge is 0.307 e. The number of carbonyl (C=O) groups is 2. The Kier molecular flexibility index (Phi) is 6.76. The number of hydrogen-bond acceptors (Lipinski definition) is 8. The summed E-state index contributed by atoms with van der Waals surface area (Å²) in [5.41, 5.74) is 1.12. The van der Waals surface area contributed by atoms with Crippen molar-refractivity contribution in [2.45, 2.75) is 0 Å². The second kappa shape index (κ2) is 10.4.